The minimum Gasteiger partial charge on any atom is -0.396 e. The topological polar surface area (TPSA) is 61.4 Å². The van der Waals surface area contributed by atoms with Crippen LogP contribution in [-0.4, -0.2) is 37.3 Å². The molecule has 1 saturated heterocycles. The summed E-state index contributed by atoms with van der Waals surface area (Å²) >= 11 is 0. The smallest absolute Gasteiger partial charge is 0.220 e. The molecule has 17 heavy (non-hydrogen) atoms. The maximum atomic E-state index is 11.7. The van der Waals surface area contributed by atoms with E-state index in [1.54, 1.807) is 0 Å². The number of carbonyl (C=O) groups is 1. The van der Waals surface area contributed by atoms with E-state index in [9.17, 15) is 4.79 Å². The summed E-state index contributed by atoms with van der Waals surface area (Å²) in [5, 5.41) is 15.2. The van der Waals surface area contributed by atoms with Crippen molar-refractivity contribution in [3.63, 3.8) is 0 Å². The van der Waals surface area contributed by atoms with Crippen molar-refractivity contribution in [1.29, 1.82) is 0 Å². The van der Waals surface area contributed by atoms with Crippen LogP contribution in [0.15, 0.2) is 0 Å². The van der Waals surface area contributed by atoms with Gasteiger partial charge in [0.2, 0.25) is 5.91 Å². The van der Waals surface area contributed by atoms with E-state index in [4.69, 9.17) is 5.11 Å². The minimum absolute atomic E-state index is 0.162. The minimum atomic E-state index is 0.162. The standard InChI is InChI=1S/C13H26N2O2/c1-2-11(5-7-16)10-15-13(17)8-12-4-3-6-14-9-12/h11-12,14,16H,2-10H2,1H3,(H,15,17). The molecule has 2 atom stereocenters. The highest BCUT2D eigenvalue weighted by molar-refractivity contribution is 5.76. The summed E-state index contributed by atoms with van der Waals surface area (Å²) in [6.07, 6.45) is 4.77. The van der Waals surface area contributed by atoms with E-state index < -0.39 is 0 Å². The SMILES string of the molecule is CCC(CCO)CNC(=O)CC1CCCNC1. The van der Waals surface area contributed by atoms with Gasteiger partial charge >= 0.3 is 0 Å². The predicted molar refractivity (Wildman–Crippen MR) is 68.7 cm³/mol. The van der Waals surface area contributed by atoms with Crippen molar-refractivity contribution >= 4 is 5.91 Å². The first kappa shape index (κ1) is 14.5. The molecule has 1 heterocycles. The number of carbonyl (C=O) groups excluding carboxylic acids is 1. The fourth-order valence-corrected chi connectivity index (χ4v) is 2.32. The Hall–Kier alpha value is -0.610. The summed E-state index contributed by atoms with van der Waals surface area (Å²) in [5.74, 6) is 1.07. The van der Waals surface area contributed by atoms with E-state index in [-0.39, 0.29) is 12.5 Å². The summed E-state index contributed by atoms with van der Waals surface area (Å²) in [7, 11) is 0. The summed E-state index contributed by atoms with van der Waals surface area (Å²) in [6.45, 7) is 5.07. The molecule has 1 amide bonds. The Kier molecular flexibility index (Phi) is 7.21. The van der Waals surface area contributed by atoms with Crippen LogP contribution in [0, 0.1) is 11.8 Å². The molecule has 0 radical (unpaired) electrons. The molecular weight excluding hydrogens is 216 g/mol. The second kappa shape index (κ2) is 8.48. The molecule has 0 aromatic rings. The molecule has 1 rings (SSSR count). The quantitative estimate of drug-likeness (QED) is 0.621. The molecular formula is C13H26N2O2. The van der Waals surface area contributed by atoms with Gasteiger partial charge in [-0.1, -0.05) is 13.3 Å². The molecule has 0 saturated carbocycles. The molecule has 4 nitrogen and oxygen atoms in total. The van der Waals surface area contributed by atoms with Crippen molar-refractivity contribution < 1.29 is 9.90 Å². The van der Waals surface area contributed by atoms with E-state index >= 15 is 0 Å². The molecule has 1 aliphatic rings. The van der Waals surface area contributed by atoms with Gasteiger partial charge in [-0.2, -0.15) is 0 Å². The highest BCUT2D eigenvalue weighted by Crippen LogP contribution is 2.14. The summed E-state index contributed by atoms with van der Waals surface area (Å²) in [6, 6.07) is 0. The Bertz CT molecular complexity index is 215. The Morgan fingerprint density at radius 1 is 1.59 bits per heavy atom. The molecule has 3 N–H and O–H groups in total. The number of aliphatic hydroxyl groups is 1. The number of amides is 1. The number of hydrogen-bond donors (Lipinski definition) is 3. The third-order valence-electron chi connectivity index (χ3n) is 3.58. The van der Waals surface area contributed by atoms with E-state index in [0.29, 0.717) is 24.8 Å². The highest BCUT2D eigenvalue weighted by atomic mass is 16.3. The van der Waals surface area contributed by atoms with Crippen LogP contribution in [0.2, 0.25) is 0 Å². The highest BCUT2D eigenvalue weighted by Gasteiger charge is 2.17. The van der Waals surface area contributed by atoms with Crippen molar-refractivity contribution in [2.24, 2.45) is 11.8 Å². The molecule has 1 aliphatic heterocycles. The number of rotatable bonds is 7. The van der Waals surface area contributed by atoms with Crippen LogP contribution in [-0.2, 0) is 4.79 Å². The van der Waals surface area contributed by atoms with Gasteiger partial charge in [-0.3, -0.25) is 4.79 Å². The van der Waals surface area contributed by atoms with E-state index in [1.165, 1.54) is 6.42 Å². The fourth-order valence-electron chi connectivity index (χ4n) is 2.32. The van der Waals surface area contributed by atoms with Gasteiger partial charge in [0.05, 0.1) is 0 Å². The zero-order valence-electron chi connectivity index (χ0n) is 10.9. The predicted octanol–water partition coefficient (Wildman–Crippen LogP) is 0.901. The van der Waals surface area contributed by atoms with Crippen LogP contribution in [0.3, 0.4) is 0 Å². The van der Waals surface area contributed by atoms with Gasteiger partial charge in [0, 0.05) is 19.6 Å². The molecule has 1 fully saturated rings. The summed E-state index contributed by atoms with van der Waals surface area (Å²) in [5.41, 5.74) is 0. The number of aliphatic hydroxyl groups excluding tert-OH is 1. The second-order valence-electron chi connectivity index (χ2n) is 5.01. The Morgan fingerprint density at radius 3 is 3.00 bits per heavy atom. The van der Waals surface area contributed by atoms with Gasteiger partial charge in [-0.05, 0) is 44.2 Å². The average Bonchev–Trinajstić information content (AvgIpc) is 2.35. The van der Waals surface area contributed by atoms with Crippen LogP contribution in [0.5, 0.6) is 0 Å². The van der Waals surface area contributed by atoms with E-state index in [2.05, 4.69) is 17.6 Å². The first-order valence-electron chi connectivity index (χ1n) is 6.84. The summed E-state index contributed by atoms with van der Waals surface area (Å²) in [4.78, 5) is 11.7. The lowest BCUT2D eigenvalue weighted by Crippen LogP contribution is -2.35. The zero-order chi connectivity index (χ0) is 12.5. The van der Waals surface area contributed by atoms with Crippen molar-refractivity contribution in [2.75, 3.05) is 26.2 Å². The van der Waals surface area contributed by atoms with Crippen molar-refractivity contribution in [2.45, 2.75) is 39.0 Å². The normalized spacial score (nSPS) is 22.1. The van der Waals surface area contributed by atoms with Gasteiger partial charge in [0.15, 0.2) is 0 Å². The molecule has 0 aromatic heterocycles. The second-order valence-corrected chi connectivity index (χ2v) is 5.01. The lowest BCUT2D eigenvalue weighted by Gasteiger charge is -2.22. The number of hydrogen-bond acceptors (Lipinski definition) is 3. The van der Waals surface area contributed by atoms with E-state index in [1.807, 2.05) is 0 Å². The molecule has 0 bridgehead atoms. The number of piperidine rings is 1. The van der Waals surface area contributed by atoms with Gasteiger partial charge in [0.1, 0.15) is 0 Å². The molecule has 0 spiro atoms. The lowest BCUT2D eigenvalue weighted by molar-refractivity contribution is -0.122. The van der Waals surface area contributed by atoms with Crippen molar-refractivity contribution in [3.05, 3.63) is 0 Å². The van der Waals surface area contributed by atoms with Crippen molar-refractivity contribution in [3.8, 4) is 0 Å². The van der Waals surface area contributed by atoms with Gasteiger partial charge in [-0.25, -0.2) is 0 Å². The molecule has 0 aliphatic carbocycles. The maximum Gasteiger partial charge on any atom is 0.220 e. The zero-order valence-corrected chi connectivity index (χ0v) is 10.9. The van der Waals surface area contributed by atoms with Gasteiger partial charge < -0.3 is 15.7 Å². The van der Waals surface area contributed by atoms with E-state index in [0.717, 1.165) is 32.4 Å². The number of nitrogens with one attached hydrogen (secondary N) is 2. The third kappa shape index (κ3) is 6.03. The van der Waals surface area contributed by atoms with Gasteiger partial charge in [-0.15, -0.1) is 0 Å². The van der Waals surface area contributed by atoms with Crippen LogP contribution in [0.4, 0.5) is 0 Å². The van der Waals surface area contributed by atoms with Crippen LogP contribution < -0.4 is 10.6 Å². The Labute approximate surface area is 104 Å². The third-order valence-corrected chi connectivity index (χ3v) is 3.58. The molecule has 2 unspecified atom stereocenters. The van der Waals surface area contributed by atoms with Crippen molar-refractivity contribution in [1.82, 2.24) is 10.6 Å². The molecule has 100 valence electrons. The lowest BCUT2D eigenvalue weighted by atomic mass is 9.95. The average molecular weight is 242 g/mol. The first-order valence-corrected chi connectivity index (χ1v) is 6.84. The molecule has 0 aromatic carbocycles. The van der Waals surface area contributed by atoms with Gasteiger partial charge in [0.25, 0.3) is 0 Å². The van der Waals surface area contributed by atoms with Crippen LogP contribution in [0.1, 0.15) is 39.0 Å². The Balaban J connectivity index is 2.14. The van der Waals surface area contributed by atoms with Crippen LogP contribution in [0.25, 0.3) is 0 Å². The monoisotopic (exact) mass is 242 g/mol. The fraction of sp³-hybridized carbons (Fsp3) is 0.923. The maximum absolute atomic E-state index is 11.7. The Morgan fingerprint density at radius 2 is 2.41 bits per heavy atom. The summed E-state index contributed by atoms with van der Waals surface area (Å²) < 4.78 is 0. The van der Waals surface area contributed by atoms with Crippen LogP contribution >= 0.6 is 0 Å². The molecule has 4 heteroatoms. The largest absolute Gasteiger partial charge is 0.396 e. The first-order chi connectivity index (χ1) is 8.26.